The van der Waals surface area contributed by atoms with Crippen LogP contribution in [-0.2, 0) is 14.8 Å². The molecule has 0 saturated carbocycles. The third kappa shape index (κ3) is 4.29. The van der Waals surface area contributed by atoms with E-state index in [2.05, 4.69) is 0 Å². The summed E-state index contributed by atoms with van der Waals surface area (Å²) in [4.78, 5) is 11.6. The van der Waals surface area contributed by atoms with Crippen LogP contribution in [0, 0.1) is 6.92 Å². The van der Waals surface area contributed by atoms with Gasteiger partial charge in [0.05, 0.1) is 11.4 Å². The van der Waals surface area contributed by atoms with E-state index < -0.39 is 15.9 Å². The van der Waals surface area contributed by atoms with Crippen LogP contribution in [0.4, 0.5) is 0 Å². The van der Waals surface area contributed by atoms with Crippen molar-refractivity contribution in [1.29, 1.82) is 0 Å². The summed E-state index contributed by atoms with van der Waals surface area (Å²) in [7, 11) is -3.68. The molecule has 0 fully saturated rings. The molecule has 1 amide bonds. The third-order valence-corrected chi connectivity index (χ3v) is 4.76. The second-order valence-corrected chi connectivity index (χ2v) is 6.51. The number of benzene rings is 1. The molecule has 0 aliphatic carbocycles. The molecule has 0 saturated heterocycles. The lowest BCUT2D eigenvalue weighted by atomic mass is 10.2. The van der Waals surface area contributed by atoms with E-state index in [1.165, 1.54) is 0 Å². The summed E-state index contributed by atoms with van der Waals surface area (Å²) in [5, 5.41) is 0. The van der Waals surface area contributed by atoms with Gasteiger partial charge in [-0.3, -0.25) is 10.2 Å². The Balaban J connectivity index is 3.03. The van der Waals surface area contributed by atoms with Gasteiger partial charge in [-0.1, -0.05) is 31.0 Å². The smallest absolute Gasteiger partial charge is 0.249 e. The number of carbonyl (C=O) groups excluding carboxylic acids is 1. The first-order valence-electron chi connectivity index (χ1n) is 6.48. The van der Waals surface area contributed by atoms with Crippen molar-refractivity contribution in [2.45, 2.75) is 31.6 Å². The molecule has 0 atom stereocenters. The maximum atomic E-state index is 12.5. The molecule has 0 aliphatic rings. The Morgan fingerprint density at radius 1 is 1.30 bits per heavy atom. The van der Waals surface area contributed by atoms with Gasteiger partial charge in [0.2, 0.25) is 15.9 Å². The minimum absolute atomic E-state index is 0.184. The number of hydrogen-bond acceptors (Lipinski definition) is 4. The summed E-state index contributed by atoms with van der Waals surface area (Å²) < 4.78 is 26.2. The van der Waals surface area contributed by atoms with Crippen molar-refractivity contribution in [3.8, 4) is 0 Å². The Labute approximate surface area is 120 Å². The lowest BCUT2D eigenvalue weighted by molar-refractivity contribution is -0.121. The van der Waals surface area contributed by atoms with E-state index in [0.717, 1.165) is 16.3 Å². The Bertz CT molecular complexity index is 540. The molecular weight excluding hydrogens is 278 g/mol. The van der Waals surface area contributed by atoms with Gasteiger partial charge in [0.25, 0.3) is 0 Å². The lowest BCUT2D eigenvalue weighted by Crippen LogP contribution is -2.43. The number of hydrazine groups is 1. The molecule has 0 aliphatic heterocycles. The molecular formula is C13H21N3O3S. The van der Waals surface area contributed by atoms with E-state index in [9.17, 15) is 13.2 Å². The van der Waals surface area contributed by atoms with Gasteiger partial charge in [-0.15, -0.1) is 0 Å². The fraction of sp³-hybridized carbons (Fsp3) is 0.462. The quantitative estimate of drug-likeness (QED) is 0.442. The van der Waals surface area contributed by atoms with Gasteiger partial charge in [-0.25, -0.2) is 14.3 Å². The first-order chi connectivity index (χ1) is 9.41. The van der Waals surface area contributed by atoms with Crippen molar-refractivity contribution in [1.82, 2.24) is 9.73 Å². The standard InChI is InChI=1S/C13H21N3O3S/c1-3-4-9-16(10-13(17)15-14)20(18,19)12-7-5-11(2)6-8-12/h5-8H,3-4,9-10,14H2,1-2H3,(H,15,17). The van der Waals surface area contributed by atoms with Crippen molar-refractivity contribution in [2.75, 3.05) is 13.1 Å². The van der Waals surface area contributed by atoms with Gasteiger partial charge in [-0.05, 0) is 25.5 Å². The van der Waals surface area contributed by atoms with E-state index in [0.29, 0.717) is 13.0 Å². The molecule has 0 heterocycles. The number of sulfonamides is 1. The Morgan fingerprint density at radius 2 is 1.90 bits per heavy atom. The van der Waals surface area contributed by atoms with Crippen LogP contribution in [0.15, 0.2) is 29.2 Å². The number of nitrogens with two attached hydrogens (primary N) is 1. The maximum absolute atomic E-state index is 12.5. The van der Waals surface area contributed by atoms with Gasteiger partial charge in [-0.2, -0.15) is 4.31 Å². The molecule has 0 aromatic heterocycles. The predicted molar refractivity (Wildman–Crippen MR) is 77.2 cm³/mol. The molecule has 0 unspecified atom stereocenters. The molecule has 1 aromatic rings. The van der Waals surface area contributed by atoms with Crippen LogP contribution in [0.5, 0.6) is 0 Å². The largest absolute Gasteiger partial charge is 0.293 e. The molecule has 7 heteroatoms. The fourth-order valence-electron chi connectivity index (χ4n) is 1.68. The van der Waals surface area contributed by atoms with E-state index in [-0.39, 0.29) is 11.4 Å². The highest BCUT2D eigenvalue weighted by Gasteiger charge is 2.25. The number of nitrogens with one attached hydrogen (secondary N) is 1. The maximum Gasteiger partial charge on any atom is 0.249 e. The van der Waals surface area contributed by atoms with Crippen molar-refractivity contribution in [3.63, 3.8) is 0 Å². The number of rotatable bonds is 7. The average molecular weight is 299 g/mol. The number of nitrogens with zero attached hydrogens (tertiary/aromatic N) is 1. The molecule has 6 nitrogen and oxygen atoms in total. The van der Waals surface area contributed by atoms with Gasteiger partial charge in [0.1, 0.15) is 0 Å². The predicted octanol–water partition coefficient (Wildman–Crippen LogP) is 0.776. The number of unbranched alkanes of at least 4 members (excludes halogenated alkanes) is 1. The highest BCUT2D eigenvalue weighted by Crippen LogP contribution is 2.16. The van der Waals surface area contributed by atoms with Crippen LogP contribution in [-0.4, -0.2) is 31.7 Å². The van der Waals surface area contributed by atoms with Crippen molar-refractivity contribution < 1.29 is 13.2 Å². The molecule has 0 bridgehead atoms. The molecule has 0 spiro atoms. The lowest BCUT2D eigenvalue weighted by Gasteiger charge is -2.21. The summed E-state index contributed by atoms with van der Waals surface area (Å²) in [6, 6.07) is 6.55. The number of hydrogen-bond donors (Lipinski definition) is 2. The van der Waals surface area contributed by atoms with E-state index in [1.807, 2.05) is 19.3 Å². The van der Waals surface area contributed by atoms with Crippen LogP contribution in [0.1, 0.15) is 25.3 Å². The molecule has 112 valence electrons. The Hall–Kier alpha value is -1.44. The minimum atomic E-state index is -3.68. The number of aryl methyl sites for hydroxylation is 1. The van der Waals surface area contributed by atoms with Crippen LogP contribution >= 0.6 is 0 Å². The summed E-state index contributed by atoms with van der Waals surface area (Å²) in [6.45, 7) is 3.86. The first kappa shape index (κ1) is 16.6. The van der Waals surface area contributed by atoms with Crippen LogP contribution in [0.2, 0.25) is 0 Å². The molecule has 0 radical (unpaired) electrons. The topological polar surface area (TPSA) is 92.5 Å². The monoisotopic (exact) mass is 299 g/mol. The van der Waals surface area contributed by atoms with Crippen molar-refractivity contribution >= 4 is 15.9 Å². The highest BCUT2D eigenvalue weighted by molar-refractivity contribution is 7.89. The zero-order valence-corrected chi connectivity index (χ0v) is 12.6. The zero-order chi connectivity index (χ0) is 15.2. The average Bonchev–Trinajstić information content (AvgIpc) is 2.43. The SMILES string of the molecule is CCCCN(CC(=O)NN)S(=O)(=O)c1ccc(C)cc1. The molecule has 1 rings (SSSR count). The van der Waals surface area contributed by atoms with Crippen LogP contribution in [0.3, 0.4) is 0 Å². The van der Waals surface area contributed by atoms with Crippen molar-refractivity contribution in [3.05, 3.63) is 29.8 Å². The summed E-state index contributed by atoms with van der Waals surface area (Å²) >= 11 is 0. The summed E-state index contributed by atoms with van der Waals surface area (Å²) in [5.41, 5.74) is 2.94. The third-order valence-electron chi connectivity index (χ3n) is 2.90. The number of amides is 1. The fourth-order valence-corrected chi connectivity index (χ4v) is 3.12. The second-order valence-electron chi connectivity index (χ2n) is 4.57. The van der Waals surface area contributed by atoms with Gasteiger partial charge < -0.3 is 0 Å². The molecule has 20 heavy (non-hydrogen) atoms. The van der Waals surface area contributed by atoms with Crippen LogP contribution < -0.4 is 11.3 Å². The Kier molecular flexibility index (Phi) is 6.12. The summed E-state index contributed by atoms with van der Waals surface area (Å²) in [6.07, 6.45) is 1.52. The minimum Gasteiger partial charge on any atom is -0.293 e. The van der Waals surface area contributed by atoms with Crippen LogP contribution in [0.25, 0.3) is 0 Å². The van der Waals surface area contributed by atoms with Gasteiger partial charge >= 0.3 is 0 Å². The Morgan fingerprint density at radius 3 is 2.40 bits per heavy atom. The van der Waals surface area contributed by atoms with Gasteiger partial charge in [0, 0.05) is 6.54 Å². The normalized spacial score (nSPS) is 11.6. The summed E-state index contributed by atoms with van der Waals surface area (Å²) in [5.74, 6) is 4.50. The first-order valence-corrected chi connectivity index (χ1v) is 7.92. The van der Waals surface area contributed by atoms with Crippen molar-refractivity contribution in [2.24, 2.45) is 5.84 Å². The van der Waals surface area contributed by atoms with Gasteiger partial charge in [0.15, 0.2) is 0 Å². The van der Waals surface area contributed by atoms with E-state index in [4.69, 9.17) is 5.84 Å². The van der Waals surface area contributed by atoms with E-state index >= 15 is 0 Å². The zero-order valence-electron chi connectivity index (χ0n) is 11.8. The van der Waals surface area contributed by atoms with E-state index in [1.54, 1.807) is 24.3 Å². The second kappa shape index (κ2) is 7.37. The molecule has 1 aromatic carbocycles. The molecule has 3 N–H and O–H groups in total. The number of carbonyl (C=O) groups is 1. The highest BCUT2D eigenvalue weighted by atomic mass is 32.2.